The summed E-state index contributed by atoms with van der Waals surface area (Å²) in [4.78, 5) is 38.3. The van der Waals surface area contributed by atoms with Crippen LogP contribution in [0.25, 0.3) is 20.8 Å². The molecule has 0 radical (unpaired) electrons. The number of ether oxygens (including phenoxy) is 3. The summed E-state index contributed by atoms with van der Waals surface area (Å²) in [6.45, 7) is 3.83. The van der Waals surface area contributed by atoms with E-state index >= 15 is 0 Å². The van der Waals surface area contributed by atoms with Crippen LogP contribution in [-0.4, -0.2) is 22.9 Å². The van der Waals surface area contributed by atoms with Gasteiger partial charge in [-0.3, -0.25) is 14.4 Å². The van der Waals surface area contributed by atoms with Crippen LogP contribution in [0.15, 0.2) is 42.5 Å². The fraction of sp³-hybridized carbons (Fsp3) is 0.200. The summed E-state index contributed by atoms with van der Waals surface area (Å²) in [5.74, 6) is -1.11. The van der Waals surface area contributed by atoms with Crippen molar-refractivity contribution in [2.75, 3.05) is 0 Å². The minimum absolute atomic E-state index is 0.409. The van der Waals surface area contributed by atoms with Gasteiger partial charge in [0, 0.05) is 31.9 Å². The average molecular weight is 399 g/mol. The van der Waals surface area contributed by atoms with Crippen molar-refractivity contribution in [2.24, 2.45) is 0 Å². The van der Waals surface area contributed by atoms with Gasteiger partial charge in [-0.05, 0) is 12.1 Å². The number of fused-ring (bicyclic) bond motifs is 1. The lowest BCUT2D eigenvalue weighted by Gasteiger charge is -2.16. The van der Waals surface area contributed by atoms with Gasteiger partial charge in [-0.1, -0.05) is 30.3 Å². The molecular weight excluding hydrogens is 382 g/mol. The standard InChI is InChI=1S/C20H17NO6S/c1-11(22)25-16-5-4-6-17-18(16)21-19(28-17)14-7-9-15(10-8-14)20(26-12(2)23)27-13(3)24/h4-10,20H,1-3H3. The van der Waals surface area contributed by atoms with Gasteiger partial charge in [-0.2, -0.15) is 0 Å². The quantitative estimate of drug-likeness (QED) is 0.363. The minimum atomic E-state index is -1.10. The molecule has 0 atom stereocenters. The van der Waals surface area contributed by atoms with Crippen molar-refractivity contribution in [2.45, 2.75) is 27.1 Å². The highest BCUT2D eigenvalue weighted by Gasteiger charge is 2.18. The molecule has 0 spiro atoms. The average Bonchev–Trinajstić information content (AvgIpc) is 3.05. The number of hydrogen-bond acceptors (Lipinski definition) is 8. The van der Waals surface area contributed by atoms with E-state index < -0.39 is 24.2 Å². The number of esters is 3. The Bertz CT molecular complexity index is 1020. The Balaban J connectivity index is 1.91. The maximum atomic E-state index is 11.3. The zero-order chi connectivity index (χ0) is 20.3. The first-order valence-corrected chi connectivity index (χ1v) is 9.18. The monoisotopic (exact) mass is 399 g/mol. The molecule has 0 saturated carbocycles. The van der Waals surface area contributed by atoms with E-state index in [4.69, 9.17) is 14.2 Å². The Morgan fingerprint density at radius 1 is 0.893 bits per heavy atom. The molecule has 0 aliphatic rings. The van der Waals surface area contributed by atoms with Gasteiger partial charge < -0.3 is 14.2 Å². The lowest BCUT2D eigenvalue weighted by atomic mass is 10.1. The fourth-order valence-corrected chi connectivity index (χ4v) is 3.52. The summed E-state index contributed by atoms with van der Waals surface area (Å²) >= 11 is 1.45. The second-order valence-corrected chi connectivity index (χ2v) is 6.92. The van der Waals surface area contributed by atoms with Gasteiger partial charge in [0.2, 0.25) is 0 Å². The van der Waals surface area contributed by atoms with Crippen LogP contribution in [0.4, 0.5) is 0 Å². The van der Waals surface area contributed by atoms with E-state index in [1.165, 1.54) is 32.1 Å². The van der Waals surface area contributed by atoms with Gasteiger partial charge in [0.15, 0.2) is 5.75 Å². The van der Waals surface area contributed by atoms with Crippen LogP contribution in [0.1, 0.15) is 32.6 Å². The molecule has 0 aliphatic carbocycles. The number of thiazole rings is 1. The molecule has 0 fully saturated rings. The first-order valence-electron chi connectivity index (χ1n) is 8.36. The third kappa shape index (κ3) is 4.52. The largest absolute Gasteiger partial charge is 0.424 e. The number of rotatable bonds is 5. The fourth-order valence-electron chi connectivity index (χ4n) is 2.53. The normalized spacial score (nSPS) is 10.7. The van der Waals surface area contributed by atoms with E-state index in [-0.39, 0.29) is 0 Å². The maximum Gasteiger partial charge on any atom is 0.308 e. The van der Waals surface area contributed by atoms with Crippen LogP contribution in [-0.2, 0) is 23.9 Å². The molecule has 144 valence electrons. The Labute approximate surface area is 164 Å². The summed E-state index contributed by atoms with van der Waals surface area (Å²) in [6.07, 6.45) is -1.10. The maximum absolute atomic E-state index is 11.3. The number of hydrogen-bond donors (Lipinski definition) is 0. The summed E-state index contributed by atoms with van der Waals surface area (Å²) in [5, 5.41) is 0.734. The number of benzene rings is 2. The SMILES string of the molecule is CC(=O)Oc1cccc2sc(-c3ccc(C(OC(C)=O)OC(C)=O)cc3)nc12. The first kappa shape index (κ1) is 19.5. The number of nitrogens with zero attached hydrogens (tertiary/aromatic N) is 1. The molecule has 0 saturated heterocycles. The van der Waals surface area contributed by atoms with Crippen LogP contribution < -0.4 is 4.74 Å². The molecule has 7 nitrogen and oxygen atoms in total. The number of para-hydroxylation sites is 1. The molecule has 8 heteroatoms. The summed E-state index contributed by atoms with van der Waals surface area (Å²) in [7, 11) is 0. The third-order valence-electron chi connectivity index (χ3n) is 3.61. The Kier molecular flexibility index (Phi) is 5.70. The highest BCUT2D eigenvalue weighted by molar-refractivity contribution is 7.21. The molecule has 1 aromatic heterocycles. The van der Waals surface area contributed by atoms with Crippen LogP contribution in [0, 0.1) is 0 Å². The second kappa shape index (κ2) is 8.18. The van der Waals surface area contributed by atoms with Crippen LogP contribution in [0.5, 0.6) is 5.75 Å². The molecule has 0 N–H and O–H groups in total. The molecule has 2 aromatic carbocycles. The third-order valence-corrected chi connectivity index (χ3v) is 4.68. The molecule has 0 unspecified atom stereocenters. The molecule has 3 aromatic rings. The topological polar surface area (TPSA) is 91.8 Å². The Morgan fingerprint density at radius 2 is 1.54 bits per heavy atom. The number of carbonyl (C=O) groups excluding carboxylic acids is 3. The van der Waals surface area contributed by atoms with Crippen LogP contribution >= 0.6 is 11.3 Å². The smallest absolute Gasteiger partial charge is 0.308 e. The van der Waals surface area contributed by atoms with Crippen LogP contribution in [0.3, 0.4) is 0 Å². The summed E-state index contributed by atoms with van der Waals surface area (Å²) in [5.41, 5.74) is 1.96. The van der Waals surface area contributed by atoms with E-state index in [9.17, 15) is 14.4 Å². The summed E-state index contributed by atoms with van der Waals surface area (Å²) in [6, 6.07) is 12.4. The van der Waals surface area contributed by atoms with Crippen LogP contribution in [0.2, 0.25) is 0 Å². The zero-order valence-electron chi connectivity index (χ0n) is 15.4. The molecule has 1 heterocycles. The van der Waals surface area contributed by atoms with Gasteiger partial charge in [0.1, 0.15) is 10.5 Å². The van der Waals surface area contributed by atoms with Gasteiger partial charge >= 0.3 is 17.9 Å². The summed E-state index contributed by atoms with van der Waals surface area (Å²) < 4.78 is 16.2. The van der Waals surface area contributed by atoms with Gasteiger partial charge in [-0.15, -0.1) is 11.3 Å². The van der Waals surface area contributed by atoms with Gasteiger partial charge in [0.25, 0.3) is 6.29 Å². The predicted octanol–water partition coefficient (Wildman–Crippen LogP) is 4.01. The van der Waals surface area contributed by atoms with Crippen molar-refractivity contribution in [1.29, 1.82) is 0 Å². The number of carbonyl (C=O) groups is 3. The van der Waals surface area contributed by atoms with E-state index in [2.05, 4.69) is 4.98 Å². The van der Waals surface area contributed by atoms with E-state index in [1.54, 1.807) is 36.4 Å². The highest BCUT2D eigenvalue weighted by atomic mass is 32.1. The van der Waals surface area contributed by atoms with Crippen molar-refractivity contribution in [1.82, 2.24) is 4.98 Å². The highest BCUT2D eigenvalue weighted by Crippen LogP contribution is 2.35. The molecule has 3 rings (SSSR count). The first-order chi connectivity index (χ1) is 13.3. The Hall–Kier alpha value is -3.26. The van der Waals surface area contributed by atoms with Crippen molar-refractivity contribution >= 4 is 39.5 Å². The van der Waals surface area contributed by atoms with E-state index in [0.717, 1.165) is 15.3 Å². The lowest BCUT2D eigenvalue weighted by molar-refractivity contribution is -0.186. The molecule has 28 heavy (non-hydrogen) atoms. The molecule has 0 bridgehead atoms. The molecular formula is C20H17NO6S. The van der Waals surface area contributed by atoms with Crippen molar-refractivity contribution < 1.29 is 28.6 Å². The number of aromatic nitrogens is 1. The molecule has 0 amide bonds. The molecule has 0 aliphatic heterocycles. The predicted molar refractivity (Wildman–Crippen MR) is 103 cm³/mol. The lowest BCUT2D eigenvalue weighted by Crippen LogP contribution is -2.14. The second-order valence-electron chi connectivity index (χ2n) is 5.89. The Morgan fingerprint density at radius 3 is 2.11 bits per heavy atom. The van der Waals surface area contributed by atoms with Gasteiger partial charge in [0.05, 0.1) is 4.70 Å². The van der Waals surface area contributed by atoms with Crippen molar-refractivity contribution in [3.05, 3.63) is 48.0 Å². The van der Waals surface area contributed by atoms with Crippen molar-refractivity contribution in [3.63, 3.8) is 0 Å². The van der Waals surface area contributed by atoms with E-state index in [1.807, 2.05) is 6.07 Å². The zero-order valence-corrected chi connectivity index (χ0v) is 16.2. The van der Waals surface area contributed by atoms with E-state index in [0.29, 0.717) is 16.8 Å². The van der Waals surface area contributed by atoms with Crippen molar-refractivity contribution in [3.8, 4) is 16.3 Å². The van der Waals surface area contributed by atoms with Gasteiger partial charge in [-0.25, -0.2) is 4.98 Å². The minimum Gasteiger partial charge on any atom is -0.424 e.